The smallest absolute Gasteiger partial charge is 0.243 e. The summed E-state index contributed by atoms with van der Waals surface area (Å²) in [6.45, 7) is 7.31. The molecule has 2 aliphatic heterocycles. The van der Waals surface area contributed by atoms with Crippen molar-refractivity contribution in [3.63, 3.8) is 0 Å². The minimum Gasteiger partial charge on any atom is -0.339 e. The number of carbonyl (C=O) groups excluding carboxylic acids is 1. The molecule has 1 aromatic rings. The van der Waals surface area contributed by atoms with E-state index in [0.29, 0.717) is 5.89 Å². The van der Waals surface area contributed by atoms with Crippen molar-refractivity contribution >= 4 is 42.5 Å². The molecule has 0 saturated carbocycles. The number of nitrogens with zero attached hydrogens (tertiary/aromatic N) is 4. The van der Waals surface area contributed by atoms with Gasteiger partial charge in [0.25, 0.3) is 0 Å². The second-order valence-electron chi connectivity index (χ2n) is 5.71. The summed E-state index contributed by atoms with van der Waals surface area (Å²) in [5, 5.41) is 7.21. The van der Waals surface area contributed by atoms with Gasteiger partial charge in [-0.05, 0) is 6.92 Å². The van der Waals surface area contributed by atoms with E-state index in [-0.39, 0.29) is 42.8 Å². The summed E-state index contributed by atoms with van der Waals surface area (Å²) in [5.41, 5.74) is 0. The van der Waals surface area contributed by atoms with Crippen LogP contribution in [0.2, 0.25) is 0 Å². The zero-order valence-electron chi connectivity index (χ0n) is 13.9. The van der Waals surface area contributed by atoms with Crippen LogP contribution < -0.4 is 5.32 Å². The number of hydrogen-bond donors (Lipinski definition) is 1. The first-order chi connectivity index (χ1) is 10.7. The number of hydrogen-bond acceptors (Lipinski definition) is 7. The number of nitrogens with one attached hydrogen (secondary N) is 1. The van der Waals surface area contributed by atoms with Crippen LogP contribution in [0.15, 0.2) is 4.52 Å². The van der Waals surface area contributed by atoms with Gasteiger partial charge in [-0.1, -0.05) is 12.1 Å². The van der Waals surface area contributed by atoms with Crippen LogP contribution in [0.4, 0.5) is 0 Å². The molecule has 2 aliphatic rings. The van der Waals surface area contributed by atoms with Crippen LogP contribution in [0, 0.1) is 0 Å². The van der Waals surface area contributed by atoms with Crippen LogP contribution in [-0.2, 0) is 11.2 Å². The molecule has 2 fully saturated rings. The molecule has 0 spiro atoms. The fourth-order valence-corrected chi connectivity index (χ4v) is 3.77. The van der Waals surface area contributed by atoms with E-state index in [9.17, 15) is 4.79 Å². The van der Waals surface area contributed by atoms with Crippen LogP contribution in [0.3, 0.4) is 0 Å². The van der Waals surface area contributed by atoms with Gasteiger partial charge in [-0.2, -0.15) is 4.98 Å². The quantitative estimate of drug-likeness (QED) is 0.821. The van der Waals surface area contributed by atoms with Crippen molar-refractivity contribution in [3.05, 3.63) is 11.7 Å². The lowest BCUT2D eigenvalue weighted by Gasteiger charge is -2.37. The zero-order valence-corrected chi connectivity index (χ0v) is 16.4. The highest BCUT2D eigenvalue weighted by atomic mass is 35.5. The van der Waals surface area contributed by atoms with E-state index in [1.165, 1.54) is 0 Å². The molecule has 138 valence electrons. The third-order valence-corrected chi connectivity index (χ3v) is 5.29. The fourth-order valence-electron chi connectivity index (χ4n) is 2.84. The molecular formula is C14H25Cl2N5O2S. The standard InChI is InChI=1S/C14H23N5O2S.2ClH/c1-3-12-16-13(21-17-12)10(2)18-4-6-19(7-5-18)14(20)11-8-22-9-15-11;;/h10-11,15H,3-9H2,1-2H3;2*1H. The molecule has 3 heterocycles. The highest BCUT2D eigenvalue weighted by molar-refractivity contribution is 7.99. The molecule has 2 unspecified atom stereocenters. The Morgan fingerprint density at radius 2 is 2.08 bits per heavy atom. The number of carbonyl (C=O) groups is 1. The Morgan fingerprint density at radius 1 is 1.38 bits per heavy atom. The van der Waals surface area contributed by atoms with E-state index in [1.807, 2.05) is 11.8 Å². The van der Waals surface area contributed by atoms with Crippen LogP contribution in [0.25, 0.3) is 0 Å². The number of aromatic nitrogens is 2. The average molecular weight is 398 g/mol. The Morgan fingerprint density at radius 3 is 2.62 bits per heavy atom. The number of rotatable bonds is 4. The maximum absolute atomic E-state index is 12.4. The number of thioether (sulfide) groups is 1. The third-order valence-electron chi connectivity index (χ3n) is 4.35. The second-order valence-corrected chi connectivity index (χ2v) is 6.74. The highest BCUT2D eigenvalue weighted by Crippen LogP contribution is 2.21. The minimum absolute atomic E-state index is 0. The van der Waals surface area contributed by atoms with Crippen LogP contribution in [0.1, 0.15) is 31.6 Å². The van der Waals surface area contributed by atoms with E-state index in [4.69, 9.17) is 4.52 Å². The average Bonchev–Trinajstić information content (AvgIpc) is 3.25. The fraction of sp³-hybridized carbons (Fsp3) is 0.786. The summed E-state index contributed by atoms with van der Waals surface area (Å²) in [4.78, 5) is 21.1. The highest BCUT2D eigenvalue weighted by Gasteiger charge is 2.31. The molecule has 7 nitrogen and oxygen atoms in total. The van der Waals surface area contributed by atoms with Gasteiger partial charge in [-0.15, -0.1) is 36.6 Å². The number of piperazine rings is 1. The summed E-state index contributed by atoms with van der Waals surface area (Å²) >= 11 is 1.79. The Kier molecular flexibility index (Phi) is 8.80. The maximum atomic E-state index is 12.4. The van der Waals surface area contributed by atoms with Crippen molar-refractivity contribution in [2.75, 3.05) is 37.8 Å². The van der Waals surface area contributed by atoms with Gasteiger partial charge in [0, 0.05) is 44.2 Å². The summed E-state index contributed by atoms with van der Waals surface area (Å²) in [6, 6.07) is 0.0993. The Hall–Kier alpha value is -0.540. The molecule has 0 bridgehead atoms. The lowest BCUT2D eigenvalue weighted by atomic mass is 10.2. The zero-order chi connectivity index (χ0) is 15.5. The number of halogens is 2. The van der Waals surface area contributed by atoms with Gasteiger partial charge in [0.05, 0.1) is 12.1 Å². The van der Waals surface area contributed by atoms with Gasteiger partial charge in [0.15, 0.2) is 5.82 Å². The molecule has 0 aliphatic carbocycles. The topological polar surface area (TPSA) is 74.5 Å². The first-order valence-corrected chi connectivity index (χ1v) is 9.01. The van der Waals surface area contributed by atoms with Gasteiger partial charge >= 0.3 is 0 Å². The summed E-state index contributed by atoms with van der Waals surface area (Å²) in [7, 11) is 0. The molecule has 24 heavy (non-hydrogen) atoms. The lowest BCUT2D eigenvalue weighted by molar-refractivity contribution is -0.134. The molecule has 1 N–H and O–H groups in total. The lowest BCUT2D eigenvalue weighted by Crippen LogP contribution is -2.53. The van der Waals surface area contributed by atoms with Crippen molar-refractivity contribution in [1.29, 1.82) is 0 Å². The van der Waals surface area contributed by atoms with E-state index in [2.05, 4.69) is 27.3 Å². The van der Waals surface area contributed by atoms with Crippen LogP contribution in [-0.4, -0.2) is 69.7 Å². The molecule has 1 amide bonds. The van der Waals surface area contributed by atoms with Crippen molar-refractivity contribution in [3.8, 4) is 0 Å². The Bertz CT molecular complexity index is 519. The Balaban J connectivity index is 0.00000144. The number of amides is 1. The molecule has 3 rings (SSSR count). The monoisotopic (exact) mass is 397 g/mol. The minimum atomic E-state index is -0.00275. The van der Waals surface area contributed by atoms with E-state index in [1.54, 1.807) is 11.8 Å². The van der Waals surface area contributed by atoms with Crippen molar-refractivity contribution < 1.29 is 9.32 Å². The normalized spacial score (nSPS) is 22.6. The van der Waals surface area contributed by atoms with Crippen molar-refractivity contribution in [2.24, 2.45) is 0 Å². The second kappa shape index (κ2) is 9.82. The van der Waals surface area contributed by atoms with Gasteiger partial charge in [-0.25, -0.2) is 0 Å². The van der Waals surface area contributed by atoms with E-state index < -0.39 is 0 Å². The molecule has 10 heteroatoms. The Labute approximate surface area is 159 Å². The summed E-state index contributed by atoms with van der Waals surface area (Å²) in [5.74, 6) is 3.43. The molecule has 2 saturated heterocycles. The van der Waals surface area contributed by atoms with E-state index >= 15 is 0 Å². The largest absolute Gasteiger partial charge is 0.339 e. The predicted octanol–water partition coefficient (Wildman–Crippen LogP) is 1.34. The number of aryl methyl sites for hydroxylation is 1. The van der Waals surface area contributed by atoms with Gasteiger partial charge in [-0.3, -0.25) is 15.0 Å². The predicted molar refractivity (Wildman–Crippen MR) is 99.0 cm³/mol. The molecular weight excluding hydrogens is 373 g/mol. The third kappa shape index (κ3) is 4.76. The van der Waals surface area contributed by atoms with Gasteiger partial charge < -0.3 is 9.42 Å². The maximum Gasteiger partial charge on any atom is 0.243 e. The van der Waals surface area contributed by atoms with Crippen molar-refractivity contribution in [1.82, 2.24) is 25.3 Å². The van der Waals surface area contributed by atoms with E-state index in [0.717, 1.165) is 50.1 Å². The summed E-state index contributed by atoms with van der Waals surface area (Å²) in [6.07, 6.45) is 0.783. The molecule has 0 radical (unpaired) electrons. The van der Waals surface area contributed by atoms with Crippen LogP contribution in [0.5, 0.6) is 0 Å². The molecule has 0 aromatic carbocycles. The first-order valence-electron chi connectivity index (χ1n) is 7.85. The van der Waals surface area contributed by atoms with Crippen molar-refractivity contribution in [2.45, 2.75) is 32.4 Å². The van der Waals surface area contributed by atoms with Crippen LogP contribution >= 0.6 is 36.6 Å². The molecule has 2 atom stereocenters. The summed E-state index contributed by atoms with van der Waals surface area (Å²) < 4.78 is 5.33. The SMILES string of the molecule is CCc1noc(C(C)N2CCN(C(=O)C3CSCN3)CC2)n1.Cl.Cl. The van der Waals surface area contributed by atoms with Gasteiger partial charge in [0.2, 0.25) is 11.8 Å². The first kappa shape index (κ1) is 21.5. The van der Waals surface area contributed by atoms with Gasteiger partial charge in [0.1, 0.15) is 0 Å². The molecule has 1 aromatic heterocycles.